The van der Waals surface area contributed by atoms with Gasteiger partial charge in [-0.15, -0.1) is 0 Å². The van der Waals surface area contributed by atoms with Gasteiger partial charge in [-0.25, -0.2) is 9.59 Å². The highest BCUT2D eigenvalue weighted by Gasteiger charge is 2.13. The van der Waals surface area contributed by atoms with Gasteiger partial charge in [-0.1, -0.05) is 69.6 Å². The number of aromatic hydroxyl groups is 1. The lowest BCUT2D eigenvalue weighted by Crippen LogP contribution is -2.10. The zero-order valence-electron chi connectivity index (χ0n) is 26.0. The van der Waals surface area contributed by atoms with Crippen LogP contribution >= 0.6 is 0 Å². The number of nitrogens with zero attached hydrogens (tertiary/aromatic N) is 1. The first kappa shape index (κ1) is 33.0. The Morgan fingerprint density at radius 2 is 1.20 bits per heavy atom. The lowest BCUT2D eigenvalue weighted by molar-refractivity contribution is 0.0730. The second kappa shape index (κ2) is 17.4. The van der Waals surface area contributed by atoms with Crippen molar-refractivity contribution >= 4 is 23.8 Å². The van der Waals surface area contributed by atoms with Crippen LogP contribution in [0.25, 0.3) is 0 Å². The Labute approximate surface area is 265 Å². The van der Waals surface area contributed by atoms with Crippen molar-refractivity contribution in [2.75, 3.05) is 6.61 Å². The Morgan fingerprint density at radius 3 is 1.82 bits per heavy atom. The molecule has 0 bridgehead atoms. The number of esters is 2. The van der Waals surface area contributed by atoms with Crippen molar-refractivity contribution in [3.63, 3.8) is 0 Å². The molecule has 4 rings (SSSR count). The standard InChI is InChI=1S/C38H41NO6/c1-3-4-5-6-7-8-9-10-25-43-33-19-13-29(14-20-33)37(41)44-34-21-15-30(16-22-34)38(42)45-35-23-24-36(40)31(26-35)27-39-32-17-11-28(2)12-18-32/h11-24,26-27,40H,3-10,25H2,1-2H3. The number of aliphatic imine (C=N–C) groups is 1. The summed E-state index contributed by atoms with van der Waals surface area (Å²) in [6, 6.07) is 25.1. The SMILES string of the molecule is CCCCCCCCCCOc1ccc(C(=O)Oc2ccc(C(=O)Oc3ccc(O)c(C=Nc4ccc(C)cc4)c3)cc2)cc1. The molecule has 45 heavy (non-hydrogen) atoms. The van der Waals surface area contributed by atoms with Crippen LogP contribution in [0.15, 0.2) is 96.0 Å². The van der Waals surface area contributed by atoms with Crippen molar-refractivity contribution < 1.29 is 28.9 Å². The molecule has 0 atom stereocenters. The van der Waals surface area contributed by atoms with E-state index in [1.807, 2.05) is 31.2 Å². The monoisotopic (exact) mass is 607 g/mol. The van der Waals surface area contributed by atoms with E-state index in [0.717, 1.165) is 29.8 Å². The summed E-state index contributed by atoms with van der Waals surface area (Å²) in [6.07, 6.45) is 11.5. The van der Waals surface area contributed by atoms with Crippen LogP contribution < -0.4 is 14.2 Å². The van der Waals surface area contributed by atoms with Gasteiger partial charge in [0, 0.05) is 11.8 Å². The molecule has 0 heterocycles. The summed E-state index contributed by atoms with van der Waals surface area (Å²) < 4.78 is 16.8. The van der Waals surface area contributed by atoms with E-state index in [9.17, 15) is 14.7 Å². The minimum atomic E-state index is -0.595. The van der Waals surface area contributed by atoms with E-state index in [0.29, 0.717) is 23.5 Å². The van der Waals surface area contributed by atoms with Gasteiger partial charge in [-0.05, 0) is 92.2 Å². The number of carbonyl (C=O) groups excluding carboxylic acids is 2. The molecule has 0 fully saturated rings. The molecule has 0 spiro atoms. The Kier molecular flexibility index (Phi) is 12.8. The van der Waals surface area contributed by atoms with Gasteiger partial charge < -0.3 is 19.3 Å². The predicted octanol–water partition coefficient (Wildman–Crippen LogP) is 9.41. The van der Waals surface area contributed by atoms with Crippen molar-refractivity contribution in [3.8, 4) is 23.0 Å². The Hall–Kier alpha value is -4.91. The van der Waals surface area contributed by atoms with Gasteiger partial charge in [0.1, 0.15) is 23.0 Å². The molecule has 0 saturated heterocycles. The van der Waals surface area contributed by atoms with Crippen LogP contribution in [0.3, 0.4) is 0 Å². The first-order valence-corrected chi connectivity index (χ1v) is 15.6. The quantitative estimate of drug-likeness (QED) is 0.0590. The third-order valence-corrected chi connectivity index (χ3v) is 7.25. The van der Waals surface area contributed by atoms with E-state index in [2.05, 4.69) is 11.9 Å². The van der Waals surface area contributed by atoms with E-state index < -0.39 is 11.9 Å². The molecule has 7 nitrogen and oxygen atoms in total. The van der Waals surface area contributed by atoms with Gasteiger partial charge in [0.05, 0.1) is 23.4 Å². The first-order chi connectivity index (χ1) is 21.9. The van der Waals surface area contributed by atoms with E-state index in [1.54, 1.807) is 24.3 Å². The molecule has 0 aliphatic rings. The molecule has 0 aromatic heterocycles. The van der Waals surface area contributed by atoms with Crippen LogP contribution in [0.5, 0.6) is 23.0 Å². The maximum atomic E-state index is 12.7. The van der Waals surface area contributed by atoms with Crippen LogP contribution in [0, 0.1) is 6.92 Å². The summed E-state index contributed by atoms with van der Waals surface area (Å²) in [7, 11) is 0. The smallest absolute Gasteiger partial charge is 0.343 e. The molecule has 0 aliphatic heterocycles. The third-order valence-electron chi connectivity index (χ3n) is 7.25. The summed E-state index contributed by atoms with van der Waals surface area (Å²) in [6.45, 7) is 4.88. The summed E-state index contributed by atoms with van der Waals surface area (Å²) in [5.74, 6) is 0.176. The van der Waals surface area contributed by atoms with Gasteiger partial charge in [0.25, 0.3) is 0 Å². The van der Waals surface area contributed by atoms with Gasteiger partial charge in [-0.2, -0.15) is 0 Å². The number of phenols is 1. The van der Waals surface area contributed by atoms with Crippen LogP contribution in [0.1, 0.15) is 90.1 Å². The Balaban J connectivity index is 1.23. The normalized spacial score (nSPS) is 11.0. The lowest BCUT2D eigenvalue weighted by Gasteiger charge is -2.09. The molecule has 0 amide bonds. The molecule has 1 N–H and O–H groups in total. The van der Waals surface area contributed by atoms with E-state index >= 15 is 0 Å². The molecule has 0 saturated carbocycles. The number of carbonyl (C=O) groups is 2. The molecule has 4 aromatic carbocycles. The van der Waals surface area contributed by atoms with Gasteiger partial charge >= 0.3 is 11.9 Å². The van der Waals surface area contributed by atoms with Gasteiger partial charge in [0.15, 0.2) is 0 Å². The zero-order valence-corrected chi connectivity index (χ0v) is 26.0. The summed E-state index contributed by atoms with van der Waals surface area (Å²) in [5.41, 5.74) is 2.93. The molecule has 0 radical (unpaired) electrons. The topological polar surface area (TPSA) is 94.4 Å². The fourth-order valence-electron chi connectivity index (χ4n) is 4.58. The number of hydrogen-bond acceptors (Lipinski definition) is 7. The van der Waals surface area contributed by atoms with Crippen molar-refractivity contribution in [2.24, 2.45) is 4.99 Å². The second-order valence-corrected chi connectivity index (χ2v) is 11.0. The van der Waals surface area contributed by atoms with Gasteiger partial charge in [-0.3, -0.25) is 4.99 Å². The number of aryl methyl sites for hydroxylation is 1. The highest BCUT2D eigenvalue weighted by molar-refractivity contribution is 5.93. The maximum absolute atomic E-state index is 12.7. The zero-order chi connectivity index (χ0) is 31.9. The molecule has 7 heteroatoms. The number of phenolic OH excluding ortho intramolecular Hbond substituents is 1. The van der Waals surface area contributed by atoms with Crippen molar-refractivity contribution in [1.82, 2.24) is 0 Å². The van der Waals surface area contributed by atoms with Crippen molar-refractivity contribution in [3.05, 3.63) is 113 Å². The molecule has 0 unspecified atom stereocenters. The number of hydrogen-bond donors (Lipinski definition) is 1. The number of ether oxygens (including phenoxy) is 3. The third kappa shape index (κ3) is 10.9. The molecule has 0 aliphatic carbocycles. The summed E-state index contributed by atoms with van der Waals surface area (Å²) in [4.78, 5) is 29.8. The largest absolute Gasteiger partial charge is 0.507 e. The highest BCUT2D eigenvalue weighted by Crippen LogP contribution is 2.24. The van der Waals surface area contributed by atoms with E-state index in [4.69, 9.17) is 14.2 Å². The Bertz CT molecular complexity index is 1540. The summed E-state index contributed by atoms with van der Waals surface area (Å²) in [5, 5.41) is 10.2. The average molecular weight is 608 g/mol. The van der Waals surface area contributed by atoms with Gasteiger partial charge in [0.2, 0.25) is 0 Å². The molecular formula is C38H41NO6. The van der Waals surface area contributed by atoms with E-state index in [-0.39, 0.29) is 17.1 Å². The fraction of sp³-hybridized carbons (Fsp3) is 0.289. The van der Waals surface area contributed by atoms with Crippen LogP contribution in [-0.2, 0) is 0 Å². The van der Waals surface area contributed by atoms with Crippen LogP contribution in [-0.4, -0.2) is 29.9 Å². The minimum absolute atomic E-state index is 0.0119. The maximum Gasteiger partial charge on any atom is 0.343 e. The van der Waals surface area contributed by atoms with Crippen LogP contribution in [0.2, 0.25) is 0 Å². The number of rotatable bonds is 16. The summed E-state index contributed by atoms with van der Waals surface area (Å²) >= 11 is 0. The number of benzene rings is 4. The van der Waals surface area contributed by atoms with E-state index in [1.165, 1.54) is 87.2 Å². The predicted molar refractivity (Wildman–Crippen MR) is 177 cm³/mol. The Morgan fingerprint density at radius 1 is 0.667 bits per heavy atom. The number of unbranched alkanes of at least 4 members (excludes halogenated alkanes) is 7. The first-order valence-electron chi connectivity index (χ1n) is 15.6. The van der Waals surface area contributed by atoms with Crippen LogP contribution in [0.4, 0.5) is 5.69 Å². The molecular weight excluding hydrogens is 566 g/mol. The fourth-order valence-corrected chi connectivity index (χ4v) is 4.58. The second-order valence-electron chi connectivity index (χ2n) is 11.0. The average Bonchev–Trinajstić information content (AvgIpc) is 3.05. The van der Waals surface area contributed by atoms with Crippen molar-refractivity contribution in [2.45, 2.75) is 65.2 Å². The lowest BCUT2D eigenvalue weighted by atomic mass is 10.1. The van der Waals surface area contributed by atoms with Crippen molar-refractivity contribution in [1.29, 1.82) is 0 Å². The molecule has 234 valence electrons. The minimum Gasteiger partial charge on any atom is -0.507 e. The molecule has 4 aromatic rings. The highest BCUT2D eigenvalue weighted by atomic mass is 16.5.